The molecule has 0 aromatic heterocycles. The van der Waals surface area contributed by atoms with Crippen LogP contribution in [0.4, 0.5) is 0 Å². The summed E-state index contributed by atoms with van der Waals surface area (Å²) in [6.45, 7) is 1.98. The van der Waals surface area contributed by atoms with Crippen molar-refractivity contribution in [1.29, 1.82) is 0 Å². The summed E-state index contributed by atoms with van der Waals surface area (Å²) in [5.41, 5.74) is 0. The molecular weight excluding hydrogens is 147 g/mol. The maximum Gasteiger partial charge on any atom is 0.0920 e. The molecule has 1 aliphatic heterocycles. The lowest BCUT2D eigenvalue weighted by atomic mass is 9.94. The van der Waals surface area contributed by atoms with Crippen LogP contribution in [0.5, 0.6) is 0 Å². The standard InChI is InChI=1S/C6H11BO2S/c1-2-3-4(8)5(9)6(7)10-3/h3-6,8-9H,2H2,1H3/t3-,4?,5?,6-/m1/s1. The predicted octanol–water partition coefficient (Wildman–Crippen LogP) is -0.272. The van der Waals surface area contributed by atoms with Gasteiger partial charge in [-0.25, -0.2) is 0 Å². The Morgan fingerprint density at radius 1 is 1.40 bits per heavy atom. The van der Waals surface area contributed by atoms with E-state index in [-0.39, 0.29) is 10.4 Å². The summed E-state index contributed by atoms with van der Waals surface area (Å²) < 4.78 is 0. The summed E-state index contributed by atoms with van der Waals surface area (Å²) >= 11 is 1.46. The third-order valence-corrected chi connectivity index (χ3v) is 3.36. The van der Waals surface area contributed by atoms with Crippen LogP contribution >= 0.6 is 11.8 Å². The van der Waals surface area contributed by atoms with Crippen molar-refractivity contribution < 1.29 is 10.2 Å². The van der Waals surface area contributed by atoms with E-state index in [4.69, 9.17) is 7.85 Å². The van der Waals surface area contributed by atoms with Gasteiger partial charge in [0.15, 0.2) is 0 Å². The van der Waals surface area contributed by atoms with Crippen LogP contribution in [0, 0.1) is 0 Å². The molecule has 0 spiro atoms. The molecule has 1 fully saturated rings. The topological polar surface area (TPSA) is 40.5 Å². The van der Waals surface area contributed by atoms with E-state index in [1.807, 2.05) is 6.92 Å². The normalized spacial score (nSPS) is 47.9. The predicted molar refractivity (Wildman–Crippen MR) is 43.2 cm³/mol. The summed E-state index contributed by atoms with van der Waals surface area (Å²) in [7, 11) is 5.49. The SMILES string of the molecule is [B][C@@H]1S[C@H](CC)C(O)C1O. The molecule has 1 saturated heterocycles. The Morgan fingerprint density at radius 3 is 2.20 bits per heavy atom. The first-order valence-corrected chi connectivity index (χ1v) is 4.38. The zero-order valence-electron chi connectivity index (χ0n) is 5.90. The summed E-state index contributed by atoms with van der Waals surface area (Å²) in [5.74, 6) is 0. The van der Waals surface area contributed by atoms with Gasteiger partial charge in [0, 0.05) is 5.25 Å². The van der Waals surface area contributed by atoms with Crippen LogP contribution in [0.25, 0.3) is 0 Å². The molecule has 0 aromatic rings. The quantitative estimate of drug-likeness (QED) is 0.516. The Hall–Kier alpha value is 0.335. The fourth-order valence-electron chi connectivity index (χ4n) is 1.11. The number of aliphatic hydroxyl groups is 2. The summed E-state index contributed by atoms with van der Waals surface area (Å²) in [6, 6.07) is 0. The maximum absolute atomic E-state index is 9.28. The highest BCUT2D eigenvalue weighted by Gasteiger charge is 2.37. The second kappa shape index (κ2) is 3.16. The molecule has 2 N–H and O–H groups in total. The lowest BCUT2D eigenvalue weighted by Gasteiger charge is -2.12. The molecule has 56 valence electrons. The van der Waals surface area contributed by atoms with Crippen molar-refractivity contribution in [2.24, 2.45) is 0 Å². The van der Waals surface area contributed by atoms with E-state index in [2.05, 4.69) is 0 Å². The van der Waals surface area contributed by atoms with Crippen LogP contribution < -0.4 is 0 Å². The first-order valence-electron chi connectivity index (χ1n) is 3.44. The average Bonchev–Trinajstić information content (AvgIpc) is 2.17. The highest BCUT2D eigenvalue weighted by Crippen LogP contribution is 2.34. The Bertz CT molecular complexity index is 122. The van der Waals surface area contributed by atoms with Gasteiger partial charge in [0.2, 0.25) is 0 Å². The van der Waals surface area contributed by atoms with Gasteiger partial charge in [-0.3, -0.25) is 0 Å². The molecule has 10 heavy (non-hydrogen) atoms. The van der Waals surface area contributed by atoms with Crippen molar-refractivity contribution in [1.82, 2.24) is 0 Å². The molecule has 1 rings (SSSR count). The second-order valence-electron chi connectivity index (χ2n) is 2.53. The first kappa shape index (κ1) is 8.43. The molecule has 0 aliphatic carbocycles. The van der Waals surface area contributed by atoms with Crippen LogP contribution in [-0.4, -0.2) is 40.7 Å². The molecule has 0 amide bonds. The summed E-state index contributed by atoms with van der Waals surface area (Å²) in [6.07, 6.45) is -0.517. The molecule has 0 aromatic carbocycles. The van der Waals surface area contributed by atoms with E-state index in [1.165, 1.54) is 11.8 Å². The van der Waals surface area contributed by atoms with Gasteiger partial charge in [-0.15, -0.1) is 0 Å². The smallest absolute Gasteiger partial charge is 0.0920 e. The van der Waals surface area contributed by atoms with Crippen LogP contribution in [0.2, 0.25) is 0 Å². The number of hydrogen-bond acceptors (Lipinski definition) is 3. The van der Waals surface area contributed by atoms with E-state index in [0.29, 0.717) is 0 Å². The lowest BCUT2D eigenvalue weighted by molar-refractivity contribution is 0.0367. The average molecular weight is 158 g/mol. The van der Waals surface area contributed by atoms with Crippen molar-refractivity contribution in [2.45, 2.75) is 36.0 Å². The minimum Gasteiger partial charge on any atom is -0.390 e. The van der Waals surface area contributed by atoms with Crippen LogP contribution in [-0.2, 0) is 0 Å². The summed E-state index contributed by atoms with van der Waals surface area (Å²) in [5, 5.41) is 18.3. The van der Waals surface area contributed by atoms with Crippen molar-refractivity contribution in [3.8, 4) is 0 Å². The molecule has 2 nitrogen and oxygen atoms in total. The van der Waals surface area contributed by atoms with E-state index in [0.717, 1.165) is 6.42 Å². The van der Waals surface area contributed by atoms with Crippen molar-refractivity contribution in [3.63, 3.8) is 0 Å². The number of thioether (sulfide) groups is 1. The minimum absolute atomic E-state index is 0.116. The van der Waals surface area contributed by atoms with Gasteiger partial charge >= 0.3 is 0 Å². The van der Waals surface area contributed by atoms with Crippen LogP contribution in [0.15, 0.2) is 0 Å². The number of rotatable bonds is 1. The Balaban J connectivity index is 2.53. The second-order valence-corrected chi connectivity index (χ2v) is 3.95. The zero-order valence-corrected chi connectivity index (χ0v) is 6.71. The van der Waals surface area contributed by atoms with E-state index in [1.54, 1.807) is 0 Å². The third kappa shape index (κ3) is 1.33. The van der Waals surface area contributed by atoms with Gasteiger partial charge in [-0.2, -0.15) is 11.8 Å². The fraction of sp³-hybridized carbons (Fsp3) is 1.00. The molecule has 2 radical (unpaired) electrons. The van der Waals surface area contributed by atoms with E-state index >= 15 is 0 Å². The minimum atomic E-state index is -0.741. The molecule has 1 aliphatic rings. The van der Waals surface area contributed by atoms with Gasteiger partial charge < -0.3 is 10.2 Å². The van der Waals surface area contributed by atoms with Gasteiger partial charge in [0.05, 0.1) is 20.1 Å². The molecule has 4 heteroatoms. The molecule has 2 unspecified atom stereocenters. The van der Waals surface area contributed by atoms with Crippen LogP contribution in [0.3, 0.4) is 0 Å². The Morgan fingerprint density at radius 2 is 2.00 bits per heavy atom. The molecule has 0 saturated carbocycles. The van der Waals surface area contributed by atoms with Crippen LogP contribution in [0.1, 0.15) is 13.3 Å². The maximum atomic E-state index is 9.28. The van der Waals surface area contributed by atoms with Gasteiger partial charge in [-0.05, 0) is 11.6 Å². The van der Waals surface area contributed by atoms with Crippen molar-refractivity contribution >= 4 is 19.6 Å². The fourth-order valence-corrected chi connectivity index (χ4v) is 2.35. The zero-order chi connectivity index (χ0) is 7.72. The van der Waals surface area contributed by atoms with E-state index < -0.39 is 12.2 Å². The van der Waals surface area contributed by atoms with Crippen molar-refractivity contribution in [2.75, 3.05) is 0 Å². The van der Waals surface area contributed by atoms with Crippen molar-refractivity contribution in [3.05, 3.63) is 0 Å². The van der Waals surface area contributed by atoms with Gasteiger partial charge in [0.1, 0.15) is 0 Å². The number of hydrogen-bond donors (Lipinski definition) is 2. The molecular formula is C6H11BO2S. The number of aliphatic hydroxyl groups excluding tert-OH is 2. The molecule has 0 bridgehead atoms. The molecule has 1 heterocycles. The van der Waals surface area contributed by atoms with E-state index in [9.17, 15) is 10.2 Å². The first-order chi connectivity index (χ1) is 4.66. The largest absolute Gasteiger partial charge is 0.390 e. The monoisotopic (exact) mass is 158 g/mol. The van der Waals surface area contributed by atoms with Gasteiger partial charge in [0.25, 0.3) is 0 Å². The highest BCUT2D eigenvalue weighted by molar-refractivity contribution is 8.02. The lowest BCUT2D eigenvalue weighted by Crippen LogP contribution is -2.32. The Labute approximate surface area is 66.4 Å². The molecule has 4 atom stereocenters. The summed E-state index contributed by atoms with van der Waals surface area (Å²) in [4.78, 5) is 0. The Kier molecular flexibility index (Phi) is 2.66. The van der Waals surface area contributed by atoms with Gasteiger partial charge in [-0.1, -0.05) is 6.92 Å². The highest BCUT2D eigenvalue weighted by atomic mass is 32.2. The third-order valence-electron chi connectivity index (χ3n) is 1.80.